The van der Waals surface area contributed by atoms with Crippen LogP contribution in [-0.2, 0) is 10.2 Å². The first-order chi connectivity index (χ1) is 8.82. The smallest absolute Gasteiger partial charge is 0.315 e. The molecule has 100 valence electrons. The number of carbonyl (C=O) groups is 1. The molecule has 0 radical (unpaired) electrons. The van der Waals surface area contributed by atoms with E-state index in [1.807, 2.05) is 25.1 Å². The van der Waals surface area contributed by atoms with Gasteiger partial charge in [-0.1, -0.05) is 15.9 Å². The lowest BCUT2D eigenvalue weighted by atomic mass is 9.90. The molecule has 0 aliphatic rings. The van der Waals surface area contributed by atoms with Gasteiger partial charge in [-0.25, -0.2) is 4.68 Å². The molecule has 1 aromatic carbocycles. The molecule has 1 N–H and O–H groups in total. The van der Waals surface area contributed by atoms with Crippen LogP contribution in [0.2, 0.25) is 0 Å². The second-order valence-electron chi connectivity index (χ2n) is 5.01. The highest BCUT2D eigenvalue weighted by atomic mass is 79.9. The van der Waals surface area contributed by atoms with Crippen molar-refractivity contribution in [3.63, 3.8) is 0 Å². The third kappa shape index (κ3) is 2.56. The summed E-state index contributed by atoms with van der Waals surface area (Å²) in [5, 5.41) is 13.6. The zero-order valence-corrected chi connectivity index (χ0v) is 12.6. The fourth-order valence-electron chi connectivity index (χ4n) is 1.68. The molecule has 0 fully saturated rings. The first kappa shape index (κ1) is 13.8. The van der Waals surface area contributed by atoms with Crippen LogP contribution in [0.5, 0.6) is 0 Å². The molecule has 0 saturated heterocycles. The van der Waals surface area contributed by atoms with Crippen LogP contribution in [0.4, 0.5) is 0 Å². The Bertz CT molecular complexity index is 632. The number of aryl methyl sites for hydroxylation is 1. The summed E-state index contributed by atoms with van der Waals surface area (Å²) in [6.07, 6.45) is 1.78. The minimum atomic E-state index is -0.990. The van der Waals surface area contributed by atoms with Gasteiger partial charge in [0.05, 0.1) is 11.4 Å². The van der Waals surface area contributed by atoms with Crippen LogP contribution in [0, 0.1) is 6.92 Å². The van der Waals surface area contributed by atoms with E-state index >= 15 is 0 Å². The van der Waals surface area contributed by atoms with Gasteiger partial charge < -0.3 is 5.11 Å². The molecule has 19 heavy (non-hydrogen) atoms. The van der Waals surface area contributed by atoms with Gasteiger partial charge >= 0.3 is 5.97 Å². The summed E-state index contributed by atoms with van der Waals surface area (Å²) in [6.45, 7) is 5.29. The standard InChI is InChI=1S/C14H15BrN2O2/c1-9-8-10(4-5-11(9)15)17-7-6-12(16-17)14(2,3)13(18)19/h4-8H,1-3H3,(H,18,19). The van der Waals surface area contributed by atoms with E-state index < -0.39 is 11.4 Å². The SMILES string of the molecule is Cc1cc(-n2ccc(C(C)(C)C(=O)O)n2)ccc1Br. The van der Waals surface area contributed by atoms with Crippen molar-refractivity contribution in [1.82, 2.24) is 9.78 Å². The normalized spacial score (nSPS) is 11.6. The van der Waals surface area contributed by atoms with Crippen molar-refractivity contribution in [1.29, 1.82) is 0 Å². The zero-order chi connectivity index (χ0) is 14.2. The second kappa shape index (κ2) is 4.81. The first-order valence-electron chi connectivity index (χ1n) is 5.88. The van der Waals surface area contributed by atoms with Crippen molar-refractivity contribution in [2.24, 2.45) is 0 Å². The van der Waals surface area contributed by atoms with Gasteiger partial charge in [-0.2, -0.15) is 5.10 Å². The highest BCUT2D eigenvalue weighted by Gasteiger charge is 2.32. The Kier molecular flexibility index (Phi) is 3.49. The van der Waals surface area contributed by atoms with E-state index in [1.165, 1.54) is 0 Å². The molecule has 0 aliphatic carbocycles. The number of hydrogen-bond donors (Lipinski definition) is 1. The van der Waals surface area contributed by atoms with E-state index in [9.17, 15) is 9.90 Å². The Morgan fingerprint density at radius 2 is 2.05 bits per heavy atom. The second-order valence-corrected chi connectivity index (χ2v) is 5.86. The molecule has 1 aromatic heterocycles. The summed E-state index contributed by atoms with van der Waals surface area (Å²) in [5.74, 6) is -0.885. The summed E-state index contributed by atoms with van der Waals surface area (Å²) in [5.41, 5.74) is 1.57. The highest BCUT2D eigenvalue weighted by Crippen LogP contribution is 2.24. The predicted molar refractivity (Wildman–Crippen MR) is 76.7 cm³/mol. The number of carboxylic acids is 1. The predicted octanol–water partition coefficient (Wildman–Crippen LogP) is 3.31. The summed E-state index contributed by atoms with van der Waals surface area (Å²) in [7, 11) is 0. The van der Waals surface area contributed by atoms with Gasteiger partial charge in [-0.05, 0) is 50.6 Å². The molecule has 1 heterocycles. The topological polar surface area (TPSA) is 55.1 Å². The van der Waals surface area contributed by atoms with Crippen molar-refractivity contribution in [3.8, 4) is 5.69 Å². The van der Waals surface area contributed by atoms with Crippen molar-refractivity contribution in [2.75, 3.05) is 0 Å². The number of nitrogens with zero attached hydrogens (tertiary/aromatic N) is 2. The Morgan fingerprint density at radius 1 is 1.37 bits per heavy atom. The summed E-state index contributed by atoms with van der Waals surface area (Å²) in [6, 6.07) is 7.62. The number of aromatic nitrogens is 2. The lowest BCUT2D eigenvalue weighted by Crippen LogP contribution is -2.29. The minimum absolute atomic E-state index is 0.542. The molecule has 2 rings (SSSR count). The molecule has 0 spiro atoms. The molecule has 0 bridgehead atoms. The highest BCUT2D eigenvalue weighted by molar-refractivity contribution is 9.10. The average molecular weight is 323 g/mol. The Labute approximate surface area is 120 Å². The molecule has 0 saturated carbocycles. The average Bonchev–Trinajstić information content (AvgIpc) is 2.82. The number of carboxylic acid groups (broad SMARTS) is 1. The van der Waals surface area contributed by atoms with Gasteiger partial charge in [0.25, 0.3) is 0 Å². The van der Waals surface area contributed by atoms with Crippen LogP contribution in [0.25, 0.3) is 5.69 Å². The Balaban J connectivity index is 2.41. The largest absolute Gasteiger partial charge is 0.481 e. The maximum atomic E-state index is 11.2. The van der Waals surface area contributed by atoms with Gasteiger partial charge in [-0.3, -0.25) is 4.79 Å². The maximum Gasteiger partial charge on any atom is 0.315 e. The van der Waals surface area contributed by atoms with Crippen molar-refractivity contribution in [2.45, 2.75) is 26.2 Å². The third-order valence-electron chi connectivity index (χ3n) is 3.17. The van der Waals surface area contributed by atoms with Crippen molar-refractivity contribution < 1.29 is 9.90 Å². The number of halogens is 1. The van der Waals surface area contributed by atoms with Gasteiger partial charge in [-0.15, -0.1) is 0 Å². The fraction of sp³-hybridized carbons (Fsp3) is 0.286. The van der Waals surface area contributed by atoms with Crippen LogP contribution < -0.4 is 0 Å². The fourth-order valence-corrected chi connectivity index (χ4v) is 1.93. The van der Waals surface area contributed by atoms with Crippen molar-refractivity contribution >= 4 is 21.9 Å². The lowest BCUT2D eigenvalue weighted by molar-refractivity contribution is -0.142. The van der Waals surface area contributed by atoms with Gasteiger partial charge in [0.2, 0.25) is 0 Å². The van der Waals surface area contributed by atoms with Crippen LogP contribution in [-0.4, -0.2) is 20.9 Å². The summed E-state index contributed by atoms with van der Waals surface area (Å²) < 4.78 is 2.73. The summed E-state index contributed by atoms with van der Waals surface area (Å²) >= 11 is 3.45. The van der Waals surface area contributed by atoms with Crippen molar-refractivity contribution in [3.05, 3.63) is 46.2 Å². The van der Waals surface area contributed by atoms with Crippen LogP contribution in [0.15, 0.2) is 34.9 Å². The maximum absolute atomic E-state index is 11.2. The van der Waals surface area contributed by atoms with E-state index in [-0.39, 0.29) is 0 Å². The molecule has 0 atom stereocenters. The first-order valence-corrected chi connectivity index (χ1v) is 6.68. The zero-order valence-electron chi connectivity index (χ0n) is 11.0. The minimum Gasteiger partial charge on any atom is -0.481 e. The number of benzene rings is 1. The number of aliphatic carboxylic acids is 1. The van der Waals surface area contributed by atoms with Gasteiger partial charge in [0, 0.05) is 10.7 Å². The summed E-state index contributed by atoms with van der Waals surface area (Å²) in [4.78, 5) is 11.2. The Hall–Kier alpha value is -1.62. The van der Waals surface area contributed by atoms with E-state index in [0.29, 0.717) is 5.69 Å². The number of hydrogen-bond acceptors (Lipinski definition) is 2. The Morgan fingerprint density at radius 3 is 2.63 bits per heavy atom. The molecular formula is C14H15BrN2O2. The molecule has 5 heteroatoms. The molecular weight excluding hydrogens is 308 g/mol. The van der Waals surface area contributed by atoms with Gasteiger partial charge in [0.15, 0.2) is 0 Å². The lowest BCUT2D eigenvalue weighted by Gasteiger charge is -2.15. The van der Waals surface area contributed by atoms with Crippen LogP contribution in [0.1, 0.15) is 25.1 Å². The van der Waals surface area contributed by atoms with E-state index in [4.69, 9.17) is 0 Å². The molecule has 0 aliphatic heterocycles. The van der Waals surface area contributed by atoms with E-state index in [2.05, 4.69) is 21.0 Å². The van der Waals surface area contributed by atoms with Crippen LogP contribution in [0.3, 0.4) is 0 Å². The van der Waals surface area contributed by atoms with Gasteiger partial charge in [0.1, 0.15) is 5.41 Å². The number of rotatable bonds is 3. The molecule has 4 nitrogen and oxygen atoms in total. The van der Waals surface area contributed by atoms with E-state index in [0.717, 1.165) is 15.7 Å². The van der Waals surface area contributed by atoms with E-state index in [1.54, 1.807) is 30.8 Å². The molecule has 2 aromatic rings. The molecule has 0 unspecified atom stereocenters. The van der Waals surface area contributed by atoms with Crippen LogP contribution >= 0.6 is 15.9 Å². The quantitative estimate of drug-likeness (QED) is 0.943. The third-order valence-corrected chi connectivity index (χ3v) is 4.06. The molecule has 0 amide bonds. The monoisotopic (exact) mass is 322 g/mol.